The lowest BCUT2D eigenvalue weighted by molar-refractivity contribution is 0.0579. The van der Waals surface area contributed by atoms with Gasteiger partial charge in [0.1, 0.15) is 11.5 Å². The van der Waals surface area contributed by atoms with Gasteiger partial charge < -0.3 is 19.5 Å². The summed E-state index contributed by atoms with van der Waals surface area (Å²) in [5, 5.41) is 9.91. The molecule has 1 amide bonds. The van der Waals surface area contributed by atoms with Gasteiger partial charge in [-0.3, -0.25) is 4.79 Å². The maximum absolute atomic E-state index is 12.8. The number of ether oxygens (including phenoxy) is 2. The van der Waals surface area contributed by atoms with Crippen LogP contribution in [0.3, 0.4) is 0 Å². The number of aliphatic hydroxyl groups excluding tert-OH is 1. The third kappa shape index (κ3) is 3.36. The van der Waals surface area contributed by atoms with E-state index >= 15 is 0 Å². The zero-order valence-corrected chi connectivity index (χ0v) is 12.9. The van der Waals surface area contributed by atoms with Gasteiger partial charge in [-0.15, -0.1) is 0 Å². The molecule has 1 saturated heterocycles. The summed E-state index contributed by atoms with van der Waals surface area (Å²) in [6, 6.07) is 16.1. The summed E-state index contributed by atoms with van der Waals surface area (Å²) >= 11 is 0. The van der Waals surface area contributed by atoms with Crippen LogP contribution in [0.4, 0.5) is 0 Å². The molecule has 2 aromatic carbocycles. The van der Waals surface area contributed by atoms with E-state index in [1.807, 2.05) is 36.4 Å². The quantitative estimate of drug-likeness (QED) is 0.941. The Kier molecular flexibility index (Phi) is 4.60. The van der Waals surface area contributed by atoms with Gasteiger partial charge in [-0.05, 0) is 24.3 Å². The second-order valence-electron chi connectivity index (χ2n) is 5.50. The van der Waals surface area contributed by atoms with E-state index < -0.39 is 6.10 Å². The predicted molar refractivity (Wildman–Crippen MR) is 85.7 cm³/mol. The number of aliphatic hydroxyl groups is 1. The monoisotopic (exact) mass is 313 g/mol. The number of likely N-dealkylation sites (N-methyl/N-ethyl adjacent to an activating group) is 1. The topological polar surface area (TPSA) is 59.0 Å². The van der Waals surface area contributed by atoms with E-state index in [1.54, 1.807) is 25.2 Å². The SMILES string of the molecule is CN(C(=O)c1ccccc1Oc1ccccc1)[C@H]1COC[C@@H]1O. The summed E-state index contributed by atoms with van der Waals surface area (Å²) in [5.41, 5.74) is 0.456. The van der Waals surface area contributed by atoms with E-state index in [2.05, 4.69) is 0 Å². The summed E-state index contributed by atoms with van der Waals surface area (Å²) in [6.45, 7) is 0.593. The molecular weight excluding hydrogens is 294 g/mol. The number of nitrogens with zero attached hydrogens (tertiary/aromatic N) is 1. The van der Waals surface area contributed by atoms with Gasteiger partial charge in [-0.2, -0.15) is 0 Å². The Morgan fingerprint density at radius 1 is 1.13 bits per heavy atom. The first-order valence-electron chi connectivity index (χ1n) is 7.51. The lowest BCUT2D eigenvalue weighted by Gasteiger charge is -2.26. The highest BCUT2D eigenvalue weighted by atomic mass is 16.5. The fourth-order valence-corrected chi connectivity index (χ4v) is 2.59. The molecule has 1 heterocycles. The van der Waals surface area contributed by atoms with E-state index in [0.717, 1.165) is 0 Å². The molecule has 2 aromatic rings. The largest absolute Gasteiger partial charge is 0.457 e. The van der Waals surface area contributed by atoms with Crippen LogP contribution in [0.5, 0.6) is 11.5 Å². The Hall–Kier alpha value is -2.37. The molecule has 1 fully saturated rings. The maximum atomic E-state index is 12.8. The predicted octanol–water partition coefficient (Wildman–Crippen LogP) is 2.31. The fourth-order valence-electron chi connectivity index (χ4n) is 2.59. The van der Waals surface area contributed by atoms with Crippen LogP contribution in [0.25, 0.3) is 0 Å². The zero-order valence-electron chi connectivity index (χ0n) is 12.9. The molecule has 1 aliphatic rings. The maximum Gasteiger partial charge on any atom is 0.257 e. The Balaban J connectivity index is 1.83. The number of carbonyl (C=O) groups is 1. The van der Waals surface area contributed by atoms with Crippen LogP contribution >= 0.6 is 0 Å². The molecule has 0 radical (unpaired) electrons. The summed E-state index contributed by atoms with van der Waals surface area (Å²) in [4.78, 5) is 14.3. The Morgan fingerprint density at radius 2 is 1.83 bits per heavy atom. The van der Waals surface area contributed by atoms with Crippen molar-refractivity contribution in [3.05, 3.63) is 60.2 Å². The summed E-state index contributed by atoms with van der Waals surface area (Å²) < 4.78 is 11.1. The van der Waals surface area contributed by atoms with Crippen molar-refractivity contribution < 1.29 is 19.4 Å². The van der Waals surface area contributed by atoms with E-state index in [1.165, 1.54) is 4.90 Å². The van der Waals surface area contributed by atoms with Crippen LogP contribution in [0.2, 0.25) is 0 Å². The standard InChI is InChI=1S/C18H19NO4/c1-19(15-11-22-12-16(15)20)18(21)14-9-5-6-10-17(14)23-13-7-3-2-4-8-13/h2-10,15-16,20H,11-12H2,1H3/t15-,16-/m0/s1. The number of hydrogen-bond acceptors (Lipinski definition) is 4. The van der Waals surface area contributed by atoms with Gasteiger partial charge in [-0.1, -0.05) is 30.3 Å². The third-order valence-electron chi connectivity index (χ3n) is 3.93. The molecule has 2 atom stereocenters. The van der Waals surface area contributed by atoms with Gasteiger partial charge in [0.15, 0.2) is 0 Å². The molecule has 5 nitrogen and oxygen atoms in total. The number of hydrogen-bond donors (Lipinski definition) is 1. The van der Waals surface area contributed by atoms with Gasteiger partial charge in [0.05, 0.1) is 30.9 Å². The number of amides is 1. The minimum absolute atomic E-state index is 0.203. The summed E-state index contributed by atoms with van der Waals surface area (Å²) in [6.07, 6.45) is -0.661. The smallest absolute Gasteiger partial charge is 0.257 e. The Morgan fingerprint density at radius 3 is 2.52 bits per heavy atom. The lowest BCUT2D eigenvalue weighted by Crippen LogP contribution is -2.44. The Bertz CT molecular complexity index is 674. The first kappa shape index (κ1) is 15.5. The summed E-state index contributed by atoms with van der Waals surface area (Å²) in [7, 11) is 1.67. The van der Waals surface area contributed by atoms with Gasteiger partial charge in [0, 0.05) is 7.05 Å². The second-order valence-corrected chi connectivity index (χ2v) is 5.50. The van der Waals surface area contributed by atoms with Crippen LogP contribution in [0.15, 0.2) is 54.6 Å². The Labute approximate surface area is 135 Å². The van der Waals surface area contributed by atoms with Crippen LogP contribution < -0.4 is 4.74 Å². The van der Waals surface area contributed by atoms with E-state index in [0.29, 0.717) is 23.7 Å². The lowest BCUT2D eigenvalue weighted by atomic mass is 10.1. The zero-order chi connectivity index (χ0) is 16.2. The molecule has 5 heteroatoms. The van der Waals surface area contributed by atoms with Gasteiger partial charge in [-0.25, -0.2) is 0 Å². The molecule has 0 aromatic heterocycles. The molecule has 0 unspecified atom stereocenters. The van der Waals surface area contributed by atoms with Gasteiger partial charge in [0.25, 0.3) is 5.91 Å². The second kappa shape index (κ2) is 6.81. The van der Waals surface area contributed by atoms with Crippen molar-refractivity contribution in [2.75, 3.05) is 20.3 Å². The molecule has 1 aliphatic heterocycles. The van der Waals surface area contributed by atoms with Crippen molar-refractivity contribution in [3.8, 4) is 11.5 Å². The van der Waals surface area contributed by atoms with Crippen LogP contribution in [0, 0.1) is 0 Å². The molecule has 120 valence electrons. The number of para-hydroxylation sites is 2. The minimum Gasteiger partial charge on any atom is -0.457 e. The van der Waals surface area contributed by atoms with Crippen molar-refractivity contribution in [2.45, 2.75) is 12.1 Å². The van der Waals surface area contributed by atoms with Crippen LogP contribution in [-0.4, -0.2) is 48.3 Å². The van der Waals surface area contributed by atoms with E-state index in [9.17, 15) is 9.90 Å². The third-order valence-corrected chi connectivity index (χ3v) is 3.93. The molecule has 3 rings (SSSR count). The molecule has 0 spiro atoms. The van der Waals surface area contributed by atoms with Crippen molar-refractivity contribution >= 4 is 5.91 Å². The number of benzene rings is 2. The first-order valence-corrected chi connectivity index (χ1v) is 7.51. The van der Waals surface area contributed by atoms with E-state index in [-0.39, 0.29) is 18.6 Å². The molecular formula is C18H19NO4. The molecule has 0 saturated carbocycles. The van der Waals surface area contributed by atoms with Crippen LogP contribution in [0.1, 0.15) is 10.4 Å². The van der Waals surface area contributed by atoms with Gasteiger partial charge >= 0.3 is 0 Å². The average molecular weight is 313 g/mol. The van der Waals surface area contributed by atoms with Crippen molar-refractivity contribution in [1.29, 1.82) is 0 Å². The highest BCUT2D eigenvalue weighted by molar-refractivity contribution is 5.97. The van der Waals surface area contributed by atoms with Crippen LogP contribution in [-0.2, 0) is 4.74 Å². The molecule has 1 N–H and O–H groups in total. The highest BCUT2D eigenvalue weighted by Gasteiger charge is 2.33. The summed E-state index contributed by atoms with van der Waals surface area (Å²) in [5.74, 6) is 0.953. The average Bonchev–Trinajstić information content (AvgIpc) is 3.01. The number of carbonyl (C=O) groups excluding carboxylic acids is 1. The minimum atomic E-state index is -0.661. The van der Waals surface area contributed by atoms with E-state index in [4.69, 9.17) is 9.47 Å². The normalized spacial score (nSPS) is 20.3. The van der Waals surface area contributed by atoms with Gasteiger partial charge in [0.2, 0.25) is 0 Å². The first-order chi connectivity index (χ1) is 11.2. The fraction of sp³-hybridized carbons (Fsp3) is 0.278. The molecule has 0 aliphatic carbocycles. The van der Waals surface area contributed by atoms with Crippen molar-refractivity contribution in [3.63, 3.8) is 0 Å². The van der Waals surface area contributed by atoms with Crippen molar-refractivity contribution in [2.24, 2.45) is 0 Å². The molecule has 23 heavy (non-hydrogen) atoms. The molecule has 0 bridgehead atoms. The van der Waals surface area contributed by atoms with Crippen molar-refractivity contribution in [1.82, 2.24) is 4.90 Å². The number of rotatable bonds is 4. The highest BCUT2D eigenvalue weighted by Crippen LogP contribution is 2.27.